The highest BCUT2D eigenvalue weighted by molar-refractivity contribution is 9.11. The number of hydrogen-bond acceptors (Lipinski definition) is 1. The molecule has 0 aliphatic carbocycles. The van der Waals surface area contributed by atoms with Gasteiger partial charge in [0, 0.05) is 14.5 Å². The van der Waals surface area contributed by atoms with Gasteiger partial charge in [-0.05, 0) is 55.3 Å². The molecular weight excluding hydrogens is 448 g/mol. The molecule has 2 rings (SSSR count). The van der Waals surface area contributed by atoms with Gasteiger partial charge < -0.3 is 4.74 Å². The van der Waals surface area contributed by atoms with Crippen LogP contribution in [-0.4, -0.2) is 6.61 Å². The fourth-order valence-electron chi connectivity index (χ4n) is 2.09. The first kappa shape index (κ1) is 16.1. The van der Waals surface area contributed by atoms with Crippen molar-refractivity contribution in [1.82, 2.24) is 0 Å². The van der Waals surface area contributed by atoms with Crippen LogP contribution in [0.25, 0.3) is 0 Å². The Balaban J connectivity index is 2.46. The van der Waals surface area contributed by atoms with Gasteiger partial charge in [0.2, 0.25) is 0 Å². The lowest BCUT2D eigenvalue weighted by Gasteiger charge is -2.17. The molecule has 0 N–H and O–H groups in total. The lowest BCUT2D eigenvalue weighted by Crippen LogP contribution is -2.00. The lowest BCUT2D eigenvalue weighted by atomic mass is 10.0. The number of aryl methyl sites for hydroxylation is 1. The SMILES string of the molecule is CCOc1ccc(Br)cc1C(Br)c1cc(C)cc(Br)c1. The third kappa shape index (κ3) is 3.86. The molecule has 0 amide bonds. The summed E-state index contributed by atoms with van der Waals surface area (Å²) >= 11 is 10.9. The zero-order valence-corrected chi connectivity index (χ0v) is 16.0. The van der Waals surface area contributed by atoms with Crippen molar-refractivity contribution in [2.45, 2.75) is 18.7 Å². The maximum atomic E-state index is 5.73. The molecule has 0 bridgehead atoms. The summed E-state index contributed by atoms with van der Waals surface area (Å²) in [5, 5.41) is 0. The summed E-state index contributed by atoms with van der Waals surface area (Å²) in [5.41, 5.74) is 3.56. The van der Waals surface area contributed by atoms with Gasteiger partial charge >= 0.3 is 0 Å². The Morgan fingerprint density at radius 2 is 1.80 bits per heavy atom. The summed E-state index contributed by atoms with van der Waals surface area (Å²) in [6.07, 6.45) is 0. The first-order valence-electron chi connectivity index (χ1n) is 6.34. The Bertz CT molecular complexity index is 590. The molecule has 1 atom stereocenters. The molecule has 0 saturated heterocycles. The van der Waals surface area contributed by atoms with E-state index in [0.717, 1.165) is 20.3 Å². The molecule has 0 radical (unpaired) electrons. The molecule has 0 heterocycles. The predicted molar refractivity (Wildman–Crippen MR) is 95.0 cm³/mol. The van der Waals surface area contributed by atoms with Crippen molar-refractivity contribution in [3.05, 3.63) is 62.0 Å². The minimum Gasteiger partial charge on any atom is -0.494 e. The molecule has 0 fully saturated rings. The van der Waals surface area contributed by atoms with Gasteiger partial charge in [-0.25, -0.2) is 0 Å². The Hall–Kier alpha value is -0.320. The molecule has 106 valence electrons. The average molecular weight is 463 g/mol. The smallest absolute Gasteiger partial charge is 0.124 e. The third-order valence-corrected chi connectivity index (χ3v) is 4.87. The van der Waals surface area contributed by atoms with Crippen LogP contribution in [0.4, 0.5) is 0 Å². The highest BCUT2D eigenvalue weighted by Gasteiger charge is 2.16. The number of benzene rings is 2. The van der Waals surface area contributed by atoms with Crippen LogP contribution >= 0.6 is 47.8 Å². The third-order valence-electron chi connectivity index (χ3n) is 2.90. The average Bonchev–Trinajstić information content (AvgIpc) is 2.39. The predicted octanol–water partition coefficient (Wildman–Crippen LogP) is 6.40. The molecule has 0 aliphatic heterocycles. The second-order valence-corrected chi connectivity index (χ2v) is 7.29. The normalized spacial score (nSPS) is 12.2. The van der Waals surface area contributed by atoms with Gasteiger partial charge in [0.05, 0.1) is 11.4 Å². The van der Waals surface area contributed by atoms with Crippen molar-refractivity contribution in [2.75, 3.05) is 6.61 Å². The molecule has 2 aromatic rings. The quantitative estimate of drug-likeness (QED) is 0.477. The minimum atomic E-state index is 0.0951. The summed E-state index contributed by atoms with van der Waals surface area (Å²) < 4.78 is 7.87. The van der Waals surface area contributed by atoms with Crippen LogP contribution in [-0.2, 0) is 0 Å². The Morgan fingerprint density at radius 1 is 1.05 bits per heavy atom. The fourth-order valence-corrected chi connectivity index (χ4v) is 3.72. The van der Waals surface area contributed by atoms with Crippen LogP contribution < -0.4 is 4.74 Å². The van der Waals surface area contributed by atoms with E-state index in [1.807, 2.05) is 19.1 Å². The van der Waals surface area contributed by atoms with E-state index in [-0.39, 0.29) is 4.83 Å². The fraction of sp³-hybridized carbons (Fsp3) is 0.250. The molecule has 1 nitrogen and oxygen atoms in total. The molecular formula is C16H15Br3O. The number of alkyl halides is 1. The number of hydrogen-bond donors (Lipinski definition) is 0. The van der Waals surface area contributed by atoms with Crippen molar-refractivity contribution < 1.29 is 4.74 Å². The van der Waals surface area contributed by atoms with Crippen LogP contribution in [0.15, 0.2) is 45.3 Å². The molecule has 4 heteroatoms. The molecule has 0 aliphatic rings. The Morgan fingerprint density at radius 3 is 2.45 bits per heavy atom. The van der Waals surface area contributed by atoms with Gasteiger partial charge in [-0.3, -0.25) is 0 Å². The van der Waals surface area contributed by atoms with E-state index in [4.69, 9.17) is 4.74 Å². The Labute approximate surface area is 145 Å². The largest absolute Gasteiger partial charge is 0.494 e. The van der Waals surface area contributed by atoms with E-state index in [1.54, 1.807) is 0 Å². The first-order valence-corrected chi connectivity index (χ1v) is 8.85. The van der Waals surface area contributed by atoms with Crippen molar-refractivity contribution in [3.63, 3.8) is 0 Å². The van der Waals surface area contributed by atoms with Crippen LogP contribution in [0.2, 0.25) is 0 Å². The second-order valence-electron chi connectivity index (χ2n) is 4.54. The summed E-state index contributed by atoms with van der Waals surface area (Å²) in [6.45, 7) is 4.75. The molecule has 1 unspecified atom stereocenters. The van der Waals surface area contributed by atoms with E-state index < -0.39 is 0 Å². The zero-order valence-electron chi connectivity index (χ0n) is 11.3. The lowest BCUT2D eigenvalue weighted by molar-refractivity contribution is 0.337. The van der Waals surface area contributed by atoms with E-state index in [9.17, 15) is 0 Å². The summed E-state index contributed by atoms with van der Waals surface area (Å²) in [6, 6.07) is 12.5. The van der Waals surface area contributed by atoms with Crippen LogP contribution in [0.5, 0.6) is 5.75 Å². The highest BCUT2D eigenvalue weighted by atomic mass is 79.9. The number of ether oxygens (including phenoxy) is 1. The van der Waals surface area contributed by atoms with Gasteiger partial charge in [-0.2, -0.15) is 0 Å². The summed E-state index contributed by atoms with van der Waals surface area (Å²) in [7, 11) is 0. The van der Waals surface area contributed by atoms with Gasteiger partial charge in [0.15, 0.2) is 0 Å². The standard InChI is InChI=1S/C16H15Br3O/c1-3-20-15-5-4-12(17)9-14(15)16(19)11-6-10(2)7-13(18)8-11/h4-9,16H,3H2,1-2H3. The maximum Gasteiger partial charge on any atom is 0.124 e. The van der Waals surface area contributed by atoms with Gasteiger partial charge in [-0.1, -0.05) is 53.9 Å². The van der Waals surface area contributed by atoms with Gasteiger partial charge in [-0.15, -0.1) is 0 Å². The maximum absolute atomic E-state index is 5.73. The monoisotopic (exact) mass is 460 g/mol. The van der Waals surface area contributed by atoms with Crippen LogP contribution in [0.1, 0.15) is 28.4 Å². The first-order chi connectivity index (χ1) is 9.51. The zero-order chi connectivity index (χ0) is 14.7. The highest BCUT2D eigenvalue weighted by Crippen LogP contribution is 2.39. The molecule has 2 aromatic carbocycles. The summed E-state index contributed by atoms with van der Waals surface area (Å²) in [5.74, 6) is 0.912. The van der Waals surface area contributed by atoms with Crippen molar-refractivity contribution in [2.24, 2.45) is 0 Å². The van der Waals surface area contributed by atoms with E-state index in [0.29, 0.717) is 6.61 Å². The Kier molecular flexibility index (Phi) is 5.70. The van der Waals surface area contributed by atoms with E-state index >= 15 is 0 Å². The second kappa shape index (κ2) is 7.10. The van der Waals surface area contributed by atoms with E-state index in [1.165, 1.54) is 11.1 Å². The molecule has 0 aromatic heterocycles. The van der Waals surface area contributed by atoms with E-state index in [2.05, 4.69) is 79.0 Å². The van der Waals surface area contributed by atoms with Crippen LogP contribution in [0.3, 0.4) is 0 Å². The van der Waals surface area contributed by atoms with Crippen molar-refractivity contribution in [3.8, 4) is 5.75 Å². The minimum absolute atomic E-state index is 0.0951. The number of rotatable bonds is 4. The summed E-state index contributed by atoms with van der Waals surface area (Å²) in [4.78, 5) is 0.0951. The molecule has 0 saturated carbocycles. The number of halogens is 3. The van der Waals surface area contributed by atoms with Gasteiger partial charge in [0.25, 0.3) is 0 Å². The molecule has 20 heavy (non-hydrogen) atoms. The van der Waals surface area contributed by atoms with Crippen molar-refractivity contribution in [1.29, 1.82) is 0 Å². The van der Waals surface area contributed by atoms with Gasteiger partial charge in [0.1, 0.15) is 5.75 Å². The van der Waals surface area contributed by atoms with Crippen molar-refractivity contribution >= 4 is 47.8 Å². The molecule has 0 spiro atoms. The van der Waals surface area contributed by atoms with Crippen LogP contribution in [0, 0.1) is 6.92 Å². The topological polar surface area (TPSA) is 9.23 Å².